The first kappa shape index (κ1) is 11.5. The standard InChI is InChI=1S/C11H16N4O2/c1-8(12)2-3-13-9-4-11(15-14-5-9)17-10-6-16-7-10/h2-5,10,14-15H,6-7,12H2,1H3. The monoisotopic (exact) mass is 236 g/mol. The molecule has 0 amide bonds. The van der Waals surface area contributed by atoms with Crippen molar-refractivity contribution in [1.29, 1.82) is 0 Å². The minimum Gasteiger partial charge on any atom is -0.470 e. The third kappa shape index (κ3) is 3.53. The number of aliphatic imine (C=N–C) groups is 1. The molecule has 2 aliphatic rings. The average molecular weight is 236 g/mol. The number of hydrogen-bond donors (Lipinski definition) is 3. The molecule has 0 bridgehead atoms. The lowest BCUT2D eigenvalue weighted by Crippen LogP contribution is -2.40. The lowest BCUT2D eigenvalue weighted by Gasteiger charge is -2.28. The largest absolute Gasteiger partial charge is 0.470 e. The van der Waals surface area contributed by atoms with Crippen LogP contribution < -0.4 is 16.6 Å². The summed E-state index contributed by atoms with van der Waals surface area (Å²) in [6.45, 7) is 3.08. The molecule has 1 fully saturated rings. The van der Waals surface area contributed by atoms with Crippen molar-refractivity contribution in [2.45, 2.75) is 13.0 Å². The first-order chi connectivity index (χ1) is 8.24. The fourth-order valence-corrected chi connectivity index (χ4v) is 1.23. The zero-order valence-corrected chi connectivity index (χ0v) is 9.64. The summed E-state index contributed by atoms with van der Waals surface area (Å²) in [6, 6.07) is 0. The van der Waals surface area contributed by atoms with Gasteiger partial charge in [-0.3, -0.25) is 10.4 Å². The molecular formula is C11H16N4O2. The molecule has 6 heteroatoms. The van der Waals surface area contributed by atoms with E-state index in [1.165, 1.54) is 0 Å². The first-order valence-corrected chi connectivity index (χ1v) is 5.38. The van der Waals surface area contributed by atoms with Crippen molar-refractivity contribution < 1.29 is 9.47 Å². The fraction of sp³-hybridized carbons (Fsp3) is 0.364. The second kappa shape index (κ2) is 5.40. The zero-order chi connectivity index (χ0) is 12.1. The maximum atomic E-state index is 5.59. The Labute approximate surface area is 99.8 Å². The van der Waals surface area contributed by atoms with E-state index in [1.54, 1.807) is 18.5 Å². The minimum absolute atomic E-state index is 0.130. The Morgan fingerprint density at radius 1 is 1.65 bits per heavy atom. The molecule has 4 N–H and O–H groups in total. The lowest BCUT2D eigenvalue weighted by molar-refractivity contribution is -0.112. The maximum Gasteiger partial charge on any atom is 0.208 e. The number of ether oxygens (including phenoxy) is 2. The number of hydrogen-bond acceptors (Lipinski definition) is 6. The van der Waals surface area contributed by atoms with Crippen molar-refractivity contribution in [3.05, 3.63) is 35.6 Å². The number of allylic oxidation sites excluding steroid dienone is 3. The summed E-state index contributed by atoms with van der Waals surface area (Å²) in [7, 11) is 0. The van der Waals surface area contributed by atoms with Crippen molar-refractivity contribution in [2.24, 2.45) is 10.7 Å². The van der Waals surface area contributed by atoms with Crippen LogP contribution >= 0.6 is 0 Å². The summed E-state index contributed by atoms with van der Waals surface area (Å²) < 4.78 is 10.6. The summed E-state index contributed by atoms with van der Waals surface area (Å²) >= 11 is 0. The van der Waals surface area contributed by atoms with Gasteiger partial charge in [-0.25, -0.2) is 0 Å². The molecule has 2 heterocycles. The van der Waals surface area contributed by atoms with Crippen molar-refractivity contribution in [2.75, 3.05) is 13.2 Å². The van der Waals surface area contributed by atoms with Gasteiger partial charge < -0.3 is 20.6 Å². The number of nitrogens with two attached hydrogens (primary N) is 1. The topological polar surface area (TPSA) is 80.9 Å². The molecule has 0 aromatic rings. The molecule has 0 aliphatic carbocycles. The molecule has 0 unspecified atom stereocenters. The Kier molecular flexibility index (Phi) is 3.66. The fourth-order valence-electron chi connectivity index (χ4n) is 1.23. The van der Waals surface area contributed by atoms with E-state index >= 15 is 0 Å². The van der Waals surface area contributed by atoms with Crippen LogP contribution in [0, 0.1) is 0 Å². The van der Waals surface area contributed by atoms with Crippen molar-refractivity contribution in [1.82, 2.24) is 10.9 Å². The van der Waals surface area contributed by atoms with Crippen LogP contribution in [0.5, 0.6) is 0 Å². The van der Waals surface area contributed by atoms with Gasteiger partial charge in [0.25, 0.3) is 0 Å². The second-order valence-corrected chi connectivity index (χ2v) is 3.81. The molecule has 17 heavy (non-hydrogen) atoms. The highest BCUT2D eigenvalue weighted by molar-refractivity contribution is 5.73. The third-order valence-electron chi connectivity index (χ3n) is 2.16. The summed E-state index contributed by atoms with van der Waals surface area (Å²) in [4.78, 5) is 4.21. The molecule has 0 radical (unpaired) electrons. The van der Waals surface area contributed by atoms with E-state index in [0.717, 1.165) is 5.70 Å². The van der Waals surface area contributed by atoms with Gasteiger partial charge >= 0.3 is 0 Å². The first-order valence-electron chi connectivity index (χ1n) is 5.38. The van der Waals surface area contributed by atoms with E-state index in [4.69, 9.17) is 15.2 Å². The van der Waals surface area contributed by atoms with Gasteiger partial charge in [-0.15, -0.1) is 0 Å². The highest BCUT2D eigenvalue weighted by Crippen LogP contribution is 2.12. The zero-order valence-electron chi connectivity index (χ0n) is 9.64. The van der Waals surface area contributed by atoms with Gasteiger partial charge in [-0.1, -0.05) is 0 Å². The van der Waals surface area contributed by atoms with Crippen LogP contribution in [0.2, 0.25) is 0 Å². The highest BCUT2D eigenvalue weighted by Gasteiger charge is 2.21. The predicted molar refractivity (Wildman–Crippen MR) is 64.6 cm³/mol. The molecule has 0 aromatic carbocycles. The normalized spacial score (nSPS) is 21.1. The van der Waals surface area contributed by atoms with Gasteiger partial charge in [-0.2, -0.15) is 0 Å². The molecule has 0 aromatic heterocycles. The SMILES string of the molecule is CC(N)=CC=NC1=CNNC(OC2COC2)=C1. The van der Waals surface area contributed by atoms with E-state index in [9.17, 15) is 0 Å². The minimum atomic E-state index is 0.130. The Morgan fingerprint density at radius 3 is 3.12 bits per heavy atom. The van der Waals surface area contributed by atoms with Gasteiger partial charge in [0, 0.05) is 24.2 Å². The molecule has 1 saturated heterocycles. The molecule has 0 atom stereocenters. The highest BCUT2D eigenvalue weighted by atomic mass is 16.6. The van der Waals surface area contributed by atoms with Crippen LogP contribution in [-0.4, -0.2) is 25.5 Å². The number of nitrogens with zero attached hydrogens (tertiary/aromatic N) is 1. The van der Waals surface area contributed by atoms with Crippen molar-refractivity contribution in [3.63, 3.8) is 0 Å². The Hall–Kier alpha value is -1.95. The van der Waals surface area contributed by atoms with Crippen molar-refractivity contribution in [3.8, 4) is 0 Å². The van der Waals surface area contributed by atoms with Gasteiger partial charge in [0.05, 0.1) is 18.9 Å². The summed E-state index contributed by atoms with van der Waals surface area (Å²) in [5.41, 5.74) is 12.7. The molecule has 6 nitrogen and oxygen atoms in total. The summed E-state index contributed by atoms with van der Waals surface area (Å²) in [5, 5.41) is 0. The van der Waals surface area contributed by atoms with Crippen LogP contribution in [0.15, 0.2) is 40.6 Å². The van der Waals surface area contributed by atoms with Gasteiger partial charge in [-0.05, 0) is 13.0 Å². The predicted octanol–water partition coefficient (Wildman–Crippen LogP) is 0.126. The van der Waals surface area contributed by atoms with E-state index in [1.807, 2.05) is 13.0 Å². The summed E-state index contributed by atoms with van der Waals surface area (Å²) in [6.07, 6.45) is 7.06. The number of rotatable bonds is 4. The lowest BCUT2D eigenvalue weighted by atomic mass is 10.3. The van der Waals surface area contributed by atoms with Crippen LogP contribution in [-0.2, 0) is 9.47 Å². The Balaban J connectivity index is 1.91. The average Bonchev–Trinajstić information content (AvgIpc) is 2.24. The van der Waals surface area contributed by atoms with Crippen LogP contribution in [0.25, 0.3) is 0 Å². The van der Waals surface area contributed by atoms with Crippen LogP contribution in [0.4, 0.5) is 0 Å². The number of nitrogens with one attached hydrogen (secondary N) is 2. The van der Waals surface area contributed by atoms with E-state index in [-0.39, 0.29) is 6.10 Å². The van der Waals surface area contributed by atoms with E-state index in [0.29, 0.717) is 24.8 Å². The third-order valence-corrected chi connectivity index (χ3v) is 2.16. The second-order valence-electron chi connectivity index (χ2n) is 3.81. The Bertz CT molecular complexity index is 390. The number of hydrazine groups is 1. The molecule has 0 spiro atoms. The maximum absolute atomic E-state index is 5.59. The molecule has 2 aliphatic heterocycles. The van der Waals surface area contributed by atoms with E-state index in [2.05, 4.69) is 15.8 Å². The molecule has 2 rings (SSSR count). The molecule has 92 valence electrons. The van der Waals surface area contributed by atoms with Crippen molar-refractivity contribution >= 4 is 6.21 Å². The smallest absolute Gasteiger partial charge is 0.208 e. The Morgan fingerprint density at radius 2 is 2.47 bits per heavy atom. The quantitative estimate of drug-likeness (QED) is 0.604. The van der Waals surface area contributed by atoms with E-state index < -0.39 is 0 Å². The summed E-state index contributed by atoms with van der Waals surface area (Å²) in [5.74, 6) is 0.640. The molecular weight excluding hydrogens is 220 g/mol. The van der Waals surface area contributed by atoms with Crippen LogP contribution in [0.1, 0.15) is 6.92 Å². The van der Waals surface area contributed by atoms with Gasteiger partial charge in [0.2, 0.25) is 5.88 Å². The van der Waals surface area contributed by atoms with Gasteiger partial charge in [0.15, 0.2) is 0 Å². The van der Waals surface area contributed by atoms with Gasteiger partial charge in [0.1, 0.15) is 6.10 Å². The van der Waals surface area contributed by atoms with Crippen LogP contribution in [0.3, 0.4) is 0 Å². The molecule has 0 saturated carbocycles.